The molecule has 10 heteroatoms. The summed E-state index contributed by atoms with van der Waals surface area (Å²) in [6.45, 7) is 0.652. The van der Waals surface area contributed by atoms with E-state index < -0.39 is 17.9 Å². The van der Waals surface area contributed by atoms with Gasteiger partial charge in [0.2, 0.25) is 11.8 Å². The van der Waals surface area contributed by atoms with E-state index >= 15 is 0 Å². The molecule has 3 atom stereocenters. The summed E-state index contributed by atoms with van der Waals surface area (Å²) in [5, 5.41) is 9.61. The lowest BCUT2D eigenvalue weighted by Crippen LogP contribution is -2.51. The molecule has 4 amide bonds. The van der Waals surface area contributed by atoms with Gasteiger partial charge < -0.3 is 15.0 Å². The van der Waals surface area contributed by atoms with Gasteiger partial charge in [-0.05, 0) is 49.1 Å². The molecule has 2 aliphatic heterocycles. The Labute approximate surface area is 238 Å². The van der Waals surface area contributed by atoms with E-state index in [1.165, 1.54) is 4.90 Å². The van der Waals surface area contributed by atoms with Crippen LogP contribution in [0.15, 0.2) is 54.7 Å². The molecule has 1 unspecified atom stereocenters. The minimum atomic E-state index is -0.626. The number of amides is 4. The minimum absolute atomic E-state index is 0.00707. The van der Waals surface area contributed by atoms with Crippen molar-refractivity contribution in [1.82, 2.24) is 25.3 Å². The Balaban J connectivity index is 1.38. The lowest BCUT2D eigenvalue weighted by Gasteiger charge is -2.42. The van der Waals surface area contributed by atoms with Crippen LogP contribution in [0.2, 0.25) is 0 Å². The highest BCUT2D eigenvalue weighted by molar-refractivity contribution is 6.21. The Morgan fingerprint density at radius 2 is 1.73 bits per heavy atom. The predicted molar refractivity (Wildman–Crippen MR) is 149 cm³/mol. The molecule has 1 aromatic heterocycles. The molecule has 1 aliphatic carbocycles. The van der Waals surface area contributed by atoms with Crippen LogP contribution in [0.3, 0.4) is 0 Å². The van der Waals surface area contributed by atoms with Crippen molar-refractivity contribution >= 4 is 23.6 Å². The molecule has 3 aromatic rings. The number of fused-ring (bicyclic) bond motifs is 2. The zero-order valence-electron chi connectivity index (χ0n) is 23.0. The number of nitrogens with one attached hydrogen (secondary N) is 2. The highest BCUT2D eigenvalue weighted by atomic mass is 16.5. The van der Waals surface area contributed by atoms with Gasteiger partial charge in [-0.25, -0.2) is 0 Å². The molecule has 0 spiro atoms. The third kappa shape index (κ3) is 4.87. The Kier molecular flexibility index (Phi) is 7.30. The Hall–Kier alpha value is -4.47. The van der Waals surface area contributed by atoms with Gasteiger partial charge in [0.25, 0.3) is 11.8 Å². The number of hydrogen-bond acceptors (Lipinski definition) is 6. The molecule has 212 valence electrons. The second-order valence-electron chi connectivity index (χ2n) is 10.9. The fourth-order valence-corrected chi connectivity index (χ4v) is 6.55. The summed E-state index contributed by atoms with van der Waals surface area (Å²) in [4.78, 5) is 57.0. The van der Waals surface area contributed by atoms with Crippen molar-refractivity contribution in [2.75, 3.05) is 20.1 Å². The van der Waals surface area contributed by atoms with Gasteiger partial charge >= 0.3 is 0 Å². The van der Waals surface area contributed by atoms with Gasteiger partial charge in [-0.1, -0.05) is 37.1 Å². The molecule has 1 saturated carbocycles. The van der Waals surface area contributed by atoms with E-state index in [4.69, 9.17) is 4.74 Å². The molecular formula is C31H33N5O5. The summed E-state index contributed by atoms with van der Waals surface area (Å²) >= 11 is 0. The predicted octanol–water partition coefficient (Wildman–Crippen LogP) is 3.26. The first kappa shape index (κ1) is 26.7. The molecule has 41 heavy (non-hydrogen) atoms. The van der Waals surface area contributed by atoms with E-state index in [9.17, 15) is 19.2 Å². The van der Waals surface area contributed by atoms with Crippen LogP contribution < -0.4 is 10.1 Å². The second-order valence-corrected chi connectivity index (χ2v) is 10.9. The normalized spacial score (nSPS) is 21.8. The quantitative estimate of drug-likeness (QED) is 0.431. The number of carbonyl (C=O) groups is 4. The highest BCUT2D eigenvalue weighted by Crippen LogP contribution is 2.41. The highest BCUT2D eigenvalue weighted by Gasteiger charge is 2.45. The van der Waals surface area contributed by atoms with Crippen LogP contribution >= 0.6 is 0 Å². The monoisotopic (exact) mass is 555 g/mol. The number of ether oxygens (including phenoxy) is 1. The van der Waals surface area contributed by atoms with Crippen molar-refractivity contribution in [3.63, 3.8) is 0 Å². The van der Waals surface area contributed by atoms with Crippen molar-refractivity contribution in [2.24, 2.45) is 11.8 Å². The number of imide groups is 1. The van der Waals surface area contributed by atoms with Gasteiger partial charge in [-0.15, -0.1) is 0 Å². The van der Waals surface area contributed by atoms with Crippen molar-refractivity contribution in [2.45, 2.75) is 44.8 Å². The van der Waals surface area contributed by atoms with Gasteiger partial charge in [0.15, 0.2) is 0 Å². The zero-order chi connectivity index (χ0) is 28.5. The average molecular weight is 556 g/mol. The van der Waals surface area contributed by atoms with E-state index in [0.29, 0.717) is 42.7 Å². The summed E-state index contributed by atoms with van der Waals surface area (Å²) in [5.74, 6) is -1.27. The maximum absolute atomic E-state index is 14.3. The molecule has 2 N–H and O–H groups in total. The molecule has 1 fully saturated rings. The molecule has 3 heterocycles. The molecular weight excluding hydrogens is 522 g/mol. The standard InChI is InChI=1S/C31H33N5O5/c1-32-28(37)21-8-2-3-9-22(21)29(38)35-16-14-19-7-6-12-26(41-18-20-13-15-33-34-20)27(19)25(35)17-36-30(39)23-10-4-5-11-24(23)31(36)40/h4-7,10-13,15,21-22,25H,2-3,8-9,14,16-18H2,1H3,(H,32,37)(H,33,34)/t21-,22?,25-/m1/s1. The topological polar surface area (TPSA) is 125 Å². The summed E-state index contributed by atoms with van der Waals surface area (Å²) in [5.41, 5.74) is 3.31. The van der Waals surface area contributed by atoms with Crippen molar-refractivity contribution in [3.8, 4) is 5.75 Å². The first-order valence-electron chi connectivity index (χ1n) is 14.2. The van der Waals surface area contributed by atoms with Gasteiger partial charge in [0, 0.05) is 37.2 Å². The van der Waals surface area contributed by atoms with E-state index in [2.05, 4.69) is 15.5 Å². The fourth-order valence-electron chi connectivity index (χ4n) is 6.55. The number of hydrogen-bond donors (Lipinski definition) is 2. The van der Waals surface area contributed by atoms with Crippen molar-refractivity contribution < 1.29 is 23.9 Å². The van der Waals surface area contributed by atoms with Crippen molar-refractivity contribution in [1.29, 1.82) is 0 Å². The molecule has 3 aliphatic rings. The van der Waals surface area contributed by atoms with E-state index in [1.54, 1.807) is 42.4 Å². The van der Waals surface area contributed by atoms with Crippen LogP contribution in [0.5, 0.6) is 5.75 Å². The molecule has 0 saturated heterocycles. The fraction of sp³-hybridized carbons (Fsp3) is 0.387. The molecule has 0 radical (unpaired) electrons. The number of nitrogens with zero attached hydrogens (tertiary/aromatic N) is 3. The van der Waals surface area contributed by atoms with Gasteiger partial charge in [0.05, 0.1) is 29.4 Å². The first-order valence-corrected chi connectivity index (χ1v) is 14.2. The number of H-pyrrole nitrogens is 1. The third-order valence-electron chi connectivity index (χ3n) is 8.61. The second kappa shape index (κ2) is 11.2. The maximum atomic E-state index is 14.3. The SMILES string of the molecule is CNC(=O)[C@@H]1CCCCC1C(=O)N1CCc2cccc(OCc3ccn[nH]3)c2[C@H]1CN1C(=O)c2ccccc2C1=O. The largest absolute Gasteiger partial charge is 0.487 e. The van der Waals surface area contributed by atoms with E-state index in [0.717, 1.165) is 29.7 Å². The summed E-state index contributed by atoms with van der Waals surface area (Å²) in [6, 6.07) is 13.8. The number of aromatic nitrogens is 2. The summed E-state index contributed by atoms with van der Waals surface area (Å²) in [6.07, 6.45) is 5.29. The Morgan fingerprint density at radius 3 is 2.41 bits per heavy atom. The Morgan fingerprint density at radius 1 is 1.00 bits per heavy atom. The van der Waals surface area contributed by atoms with Crippen molar-refractivity contribution in [3.05, 3.63) is 82.7 Å². The zero-order valence-corrected chi connectivity index (χ0v) is 23.0. The van der Waals surface area contributed by atoms with Crippen LogP contribution in [0.1, 0.15) is 69.3 Å². The molecule has 2 aromatic carbocycles. The average Bonchev–Trinajstić information content (AvgIpc) is 3.62. The van der Waals surface area contributed by atoms with Crippen LogP contribution in [-0.4, -0.2) is 63.8 Å². The van der Waals surface area contributed by atoms with Crippen LogP contribution in [0.4, 0.5) is 0 Å². The number of aromatic amines is 1. The van der Waals surface area contributed by atoms with E-state index in [1.807, 2.05) is 24.3 Å². The number of benzene rings is 2. The lowest BCUT2D eigenvalue weighted by atomic mass is 9.77. The molecule has 10 nitrogen and oxygen atoms in total. The Bertz CT molecular complexity index is 1450. The van der Waals surface area contributed by atoms with Crippen LogP contribution in [0, 0.1) is 11.8 Å². The number of rotatable bonds is 7. The summed E-state index contributed by atoms with van der Waals surface area (Å²) in [7, 11) is 1.60. The van der Waals surface area contributed by atoms with E-state index in [-0.39, 0.29) is 36.8 Å². The minimum Gasteiger partial charge on any atom is -0.487 e. The smallest absolute Gasteiger partial charge is 0.261 e. The first-order chi connectivity index (χ1) is 20.0. The van der Waals surface area contributed by atoms with Crippen LogP contribution in [0.25, 0.3) is 0 Å². The van der Waals surface area contributed by atoms with Crippen LogP contribution in [-0.2, 0) is 22.6 Å². The lowest BCUT2D eigenvalue weighted by molar-refractivity contribution is -0.146. The maximum Gasteiger partial charge on any atom is 0.261 e. The molecule has 6 rings (SSSR count). The van der Waals surface area contributed by atoms with Gasteiger partial charge in [-0.3, -0.25) is 29.2 Å². The van der Waals surface area contributed by atoms with Gasteiger partial charge in [-0.2, -0.15) is 5.10 Å². The van der Waals surface area contributed by atoms with Gasteiger partial charge in [0.1, 0.15) is 12.4 Å². The summed E-state index contributed by atoms with van der Waals surface area (Å²) < 4.78 is 6.25. The molecule has 0 bridgehead atoms. The number of carbonyl (C=O) groups excluding carboxylic acids is 4. The third-order valence-corrected chi connectivity index (χ3v) is 8.61.